The Kier molecular flexibility index (Phi) is 2.77. The molecular weight excluding hydrogens is 218 g/mol. The highest BCUT2D eigenvalue weighted by Gasteiger charge is 2.22. The summed E-state index contributed by atoms with van der Waals surface area (Å²) >= 11 is 5.85. The van der Waals surface area contributed by atoms with Crippen molar-refractivity contribution >= 4 is 17.3 Å². The first-order valence-electron chi connectivity index (χ1n) is 4.73. The highest BCUT2D eigenvalue weighted by atomic mass is 35.5. The van der Waals surface area contributed by atoms with Gasteiger partial charge in [-0.3, -0.25) is 10.1 Å². The summed E-state index contributed by atoms with van der Waals surface area (Å²) in [5.74, 6) is 1.16. The SMILES string of the molecule is O=[N+]([O-])c1ccc(OCC2CC2)c(Cl)c1. The van der Waals surface area contributed by atoms with Crippen LogP contribution < -0.4 is 4.74 Å². The average molecular weight is 228 g/mol. The molecule has 0 atom stereocenters. The third-order valence-electron chi connectivity index (χ3n) is 2.30. The lowest BCUT2D eigenvalue weighted by Crippen LogP contribution is -1.99. The maximum absolute atomic E-state index is 10.4. The van der Waals surface area contributed by atoms with Crippen molar-refractivity contribution in [1.29, 1.82) is 0 Å². The third kappa shape index (κ3) is 2.59. The number of hydrogen-bond donors (Lipinski definition) is 0. The Hall–Kier alpha value is -1.29. The van der Waals surface area contributed by atoms with E-state index in [1.54, 1.807) is 6.07 Å². The molecule has 1 saturated carbocycles. The molecule has 1 fully saturated rings. The van der Waals surface area contributed by atoms with Gasteiger partial charge in [-0.1, -0.05) is 11.6 Å². The van der Waals surface area contributed by atoms with Crippen LogP contribution in [0.15, 0.2) is 18.2 Å². The topological polar surface area (TPSA) is 52.4 Å². The zero-order chi connectivity index (χ0) is 10.8. The quantitative estimate of drug-likeness (QED) is 0.587. The van der Waals surface area contributed by atoms with Crippen LogP contribution in [-0.2, 0) is 0 Å². The van der Waals surface area contributed by atoms with Crippen LogP contribution in [0.4, 0.5) is 5.69 Å². The molecule has 0 heterocycles. The molecule has 0 spiro atoms. The smallest absolute Gasteiger partial charge is 0.271 e. The van der Waals surface area contributed by atoms with Gasteiger partial charge in [0.05, 0.1) is 16.6 Å². The number of halogens is 1. The molecule has 80 valence electrons. The standard InChI is InChI=1S/C10H10ClNO3/c11-9-5-8(12(13)14)3-4-10(9)15-6-7-1-2-7/h3-5,7H,1-2,6H2. The fraction of sp³-hybridized carbons (Fsp3) is 0.400. The molecule has 5 heteroatoms. The van der Waals surface area contributed by atoms with Crippen LogP contribution >= 0.6 is 11.6 Å². The van der Waals surface area contributed by atoms with Crippen LogP contribution in [0.1, 0.15) is 12.8 Å². The van der Waals surface area contributed by atoms with Crippen molar-refractivity contribution in [3.8, 4) is 5.75 Å². The number of nitrogens with zero attached hydrogens (tertiary/aromatic N) is 1. The van der Waals surface area contributed by atoms with Crippen LogP contribution in [0.25, 0.3) is 0 Å². The Bertz CT molecular complexity index is 390. The molecule has 0 saturated heterocycles. The molecule has 4 nitrogen and oxygen atoms in total. The molecule has 1 aliphatic rings. The van der Waals surface area contributed by atoms with Crippen LogP contribution in [-0.4, -0.2) is 11.5 Å². The summed E-state index contributed by atoms with van der Waals surface area (Å²) in [4.78, 5) is 9.97. The van der Waals surface area contributed by atoms with Crippen molar-refractivity contribution in [2.45, 2.75) is 12.8 Å². The normalized spacial score (nSPS) is 15.0. The summed E-state index contributed by atoms with van der Waals surface area (Å²) in [5, 5.41) is 10.7. The summed E-state index contributed by atoms with van der Waals surface area (Å²) in [6, 6.07) is 4.25. The lowest BCUT2D eigenvalue weighted by Gasteiger charge is -2.06. The van der Waals surface area contributed by atoms with E-state index >= 15 is 0 Å². The second-order valence-corrected chi connectivity index (χ2v) is 4.03. The lowest BCUT2D eigenvalue weighted by atomic mass is 10.3. The van der Waals surface area contributed by atoms with Gasteiger partial charge >= 0.3 is 0 Å². The molecule has 0 unspecified atom stereocenters. The van der Waals surface area contributed by atoms with E-state index in [9.17, 15) is 10.1 Å². The Morgan fingerprint density at radius 2 is 2.27 bits per heavy atom. The van der Waals surface area contributed by atoms with Crippen LogP contribution in [0.5, 0.6) is 5.75 Å². The van der Waals surface area contributed by atoms with Crippen molar-refractivity contribution < 1.29 is 9.66 Å². The molecule has 0 amide bonds. The van der Waals surface area contributed by atoms with Gasteiger partial charge in [0.2, 0.25) is 0 Å². The highest BCUT2D eigenvalue weighted by Crippen LogP contribution is 2.33. The Balaban J connectivity index is 2.07. The van der Waals surface area contributed by atoms with E-state index in [-0.39, 0.29) is 5.69 Å². The number of non-ortho nitro benzene ring substituents is 1. The van der Waals surface area contributed by atoms with Crippen LogP contribution in [0, 0.1) is 16.0 Å². The van der Waals surface area contributed by atoms with Crippen molar-refractivity contribution in [3.05, 3.63) is 33.3 Å². The molecule has 0 aliphatic heterocycles. The minimum Gasteiger partial charge on any atom is -0.492 e. The van der Waals surface area contributed by atoms with E-state index in [4.69, 9.17) is 16.3 Å². The van der Waals surface area contributed by atoms with Crippen molar-refractivity contribution in [2.24, 2.45) is 5.92 Å². The number of benzene rings is 1. The maximum atomic E-state index is 10.4. The summed E-state index contributed by atoms with van der Waals surface area (Å²) in [6.07, 6.45) is 2.40. The monoisotopic (exact) mass is 227 g/mol. The van der Waals surface area contributed by atoms with E-state index in [1.165, 1.54) is 25.0 Å². The summed E-state index contributed by atoms with van der Waals surface area (Å²) < 4.78 is 5.44. The van der Waals surface area contributed by atoms with Gasteiger partial charge in [-0.15, -0.1) is 0 Å². The summed E-state index contributed by atoms with van der Waals surface area (Å²) in [6.45, 7) is 0.650. The predicted octanol–water partition coefficient (Wildman–Crippen LogP) is 3.04. The van der Waals surface area contributed by atoms with Crippen LogP contribution in [0.3, 0.4) is 0 Å². The average Bonchev–Trinajstić information content (AvgIpc) is 2.99. The minimum atomic E-state index is -0.476. The first kappa shape index (κ1) is 10.2. The molecule has 0 radical (unpaired) electrons. The van der Waals surface area contributed by atoms with E-state index in [2.05, 4.69) is 0 Å². The maximum Gasteiger partial charge on any atom is 0.271 e. The van der Waals surface area contributed by atoms with Crippen LogP contribution in [0.2, 0.25) is 5.02 Å². The van der Waals surface area contributed by atoms with Gasteiger partial charge in [-0.2, -0.15) is 0 Å². The zero-order valence-electron chi connectivity index (χ0n) is 7.98. The molecule has 0 bridgehead atoms. The fourth-order valence-electron chi connectivity index (χ4n) is 1.21. The highest BCUT2D eigenvalue weighted by molar-refractivity contribution is 6.32. The van der Waals surface area contributed by atoms with Gasteiger partial charge < -0.3 is 4.74 Å². The first-order valence-corrected chi connectivity index (χ1v) is 5.11. The lowest BCUT2D eigenvalue weighted by molar-refractivity contribution is -0.384. The number of ether oxygens (including phenoxy) is 1. The molecule has 0 N–H and O–H groups in total. The predicted molar refractivity (Wildman–Crippen MR) is 56.3 cm³/mol. The van der Waals surface area contributed by atoms with Crippen molar-refractivity contribution in [3.63, 3.8) is 0 Å². The Labute approximate surface area is 92.0 Å². The van der Waals surface area contributed by atoms with Gasteiger partial charge in [0, 0.05) is 12.1 Å². The van der Waals surface area contributed by atoms with Crippen molar-refractivity contribution in [1.82, 2.24) is 0 Å². The summed E-state index contributed by atoms with van der Waals surface area (Å²) in [5.41, 5.74) is -0.0150. The van der Waals surface area contributed by atoms with Gasteiger partial charge in [-0.05, 0) is 24.8 Å². The largest absolute Gasteiger partial charge is 0.492 e. The Morgan fingerprint density at radius 3 is 2.80 bits per heavy atom. The van der Waals surface area contributed by atoms with Crippen molar-refractivity contribution in [2.75, 3.05) is 6.61 Å². The second kappa shape index (κ2) is 4.06. The molecule has 1 aliphatic carbocycles. The molecule has 1 aromatic rings. The van der Waals surface area contributed by atoms with E-state index < -0.39 is 4.92 Å². The van der Waals surface area contributed by atoms with E-state index in [1.807, 2.05) is 0 Å². The molecule has 2 rings (SSSR count). The first-order chi connectivity index (χ1) is 7.16. The van der Waals surface area contributed by atoms with Gasteiger partial charge in [-0.25, -0.2) is 0 Å². The molecular formula is C10H10ClNO3. The fourth-order valence-corrected chi connectivity index (χ4v) is 1.44. The second-order valence-electron chi connectivity index (χ2n) is 3.63. The molecule has 1 aromatic carbocycles. The molecule has 15 heavy (non-hydrogen) atoms. The molecule has 0 aromatic heterocycles. The Morgan fingerprint density at radius 1 is 1.53 bits per heavy atom. The third-order valence-corrected chi connectivity index (χ3v) is 2.59. The van der Waals surface area contributed by atoms with Gasteiger partial charge in [0.1, 0.15) is 5.75 Å². The summed E-state index contributed by atoms with van der Waals surface area (Å²) in [7, 11) is 0. The number of nitro groups is 1. The zero-order valence-corrected chi connectivity index (χ0v) is 8.74. The minimum absolute atomic E-state index is 0.0150. The van der Waals surface area contributed by atoms with E-state index in [0.717, 1.165) is 0 Å². The van der Waals surface area contributed by atoms with Gasteiger partial charge in [0.15, 0.2) is 0 Å². The number of hydrogen-bond acceptors (Lipinski definition) is 3. The van der Waals surface area contributed by atoms with Gasteiger partial charge in [0.25, 0.3) is 5.69 Å². The van der Waals surface area contributed by atoms with E-state index in [0.29, 0.717) is 23.3 Å². The number of nitro benzene ring substituents is 1. The number of rotatable bonds is 4.